The maximum atomic E-state index is 4.11. The summed E-state index contributed by atoms with van der Waals surface area (Å²) in [6.07, 6.45) is 0. The molecule has 0 amide bonds. The fraction of sp³-hybridized carbons (Fsp3) is 0. The van der Waals surface area contributed by atoms with Gasteiger partial charge >= 0.3 is 0 Å². The number of aromatic nitrogens is 2. The Labute approximate surface area is 91.2 Å². The summed E-state index contributed by atoms with van der Waals surface area (Å²) in [4.78, 5) is 0. The van der Waals surface area contributed by atoms with Crippen molar-refractivity contribution in [2.24, 2.45) is 0 Å². The van der Waals surface area contributed by atoms with Crippen molar-refractivity contribution in [3.63, 3.8) is 0 Å². The van der Waals surface area contributed by atoms with Crippen LogP contribution in [0.5, 0.6) is 0 Å². The van der Waals surface area contributed by atoms with Gasteiger partial charge in [0.1, 0.15) is 10.5 Å². The highest BCUT2D eigenvalue weighted by Gasteiger charge is 2.05. The molecule has 1 aromatic heterocycles. The fourth-order valence-corrected chi connectivity index (χ4v) is 2.30. The first-order valence-corrected chi connectivity index (χ1v) is 5.57. The molecule has 2 nitrogen and oxygen atoms in total. The van der Waals surface area contributed by atoms with Crippen molar-refractivity contribution >= 4 is 22.1 Å². The maximum absolute atomic E-state index is 4.11. The van der Waals surface area contributed by atoms with Gasteiger partial charge < -0.3 is 0 Å². The van der Waals surface area contributed by atoms with E-state index in [1.54, 1.807) is 16.8 Å². The molecule has 0 aliphatic rings. The first kappa shape index (κ1) is 8.56. The van der Waals surface area contributed by atoms with E-state index in [9.17, 15) is 0 Å². The van der Waals surface area contributed by atoms with E-state index in [1.165, 1.54) is 10.8 Å². The Kier molecular flexibility index (Phi) is 1.96. The summed E-state index contributed by atoms with van der Waals surface area (Å²) in [6, 6.07) is 14.6. The number of fused-ring (bicyclic) bond motifs is 1. The summed E-state index contributed by atoms with van der Waals surface area (Å²) in [5.74, 6) is 0. The molecule has 0 saturated carbocycles. The van der Waals surface area contributed by atoms with Gasteiger partial charge in [-0.1, -0.05) is 53.8 Å². The molecule has 1 heterocycles. The maximum Gasteiger partial charge on any atom is 0.148 e. The van der Waals surface area contributed by atoms with Crippen LogP contribution in [0.4, 0.5) is 0 Å². The van der Waals surface area contributed by atoms with Crippen LogP contribution in [-0.2, 0) is 0 Å². The van der Waals surface area contributed by atoms with Crippen molar-refractivity contribution in [3.05, 3.63) is 48.0 Å². The average Bonchev–Trinajstić information content (AvgIpc) is 2.82. The monoisotopic (exact) mass is 212 g/mol. The normalized spacial score (nSPS) is 10.7. The van der Waals surface area contributed by atoms with Crippen molar-refractivity contribution in [1.29, 1.82) is 0 Å². The molecule has 72 valence electrons. The molecule has 0 bridgehead atoms. The highest BCUT2D eigenvalue weighted by molar-refractivity contribution is 7.12. The van der Waals surface area contributed by atoms with Crippen LogP contribution in [0.3, 0.4) is 0 Å². The topological polar surface area (TPSA) is 25.8 Å². The molecule has 0 radical (unpaired) electrons. The minimum absolute atomic E-state index is 0.979. The van der Waals surface area contributed by atoms with Gasteiger partial charge in [-0.2, -0.15) is 0 Å². The molecule has 0 unspecified atom stereocenters. The Hall–Kier alpha value is -1.74. The molecule has 3 rings (SSSR count). The Morgan fingerprint density at radius 3 is 2.67 bits per heavy atom. The predicted molar refractivity (Wildman–Crippen MR) is 62.9 cm³/mol. The Bertz CT molecular complexity index is 582. The quantitative estimate of drug-likeness (QED) is 0.618. The number of nitrogens with zero attached hydrogens (tertiary/aromatic N) is 2. The number of rotatable bonds is 1. The molecule has 0 fully saturated rings. The average molecular weight is 212 g/mol. The summed E-state index contributed by atoms with van der Waals surface area (Å²) in [5, 5.41) is 11.4. The van der Waals surface area contributed by atoms with Crippen molar-refractivity contribution in [3.8, 4) is 10.6 Å². The van der Waals surface area contributed by atoms with Crippen molar-refractivity contribution < 1.29 is 0 Å². The second kappa shape index (κ2) is 3.44. The van der Waals surface area contributed by atoms with Crippen LogP contribution < -0.4 is 0 Å². The summed E-state index contributed by atoms with van der Waals surface area (Å²) in [5.41, 5.74) is 2.92. The minimum Gasteiger partial charge on any atom is -0.147 e. The lowest BCUT2D eigenvalue weighted by molar-refractivity contribution is 1.10. The molecular formula is C12H8N2S. The van der Waals surface area contributed by atoms with Crippen LogP contribution in [0.1, 0.15) is 0 Å². The van der Waals surface area contributed by atoms with Crippen LogP contribution in [0, 0.1) is 0 Å². The van der Waals surface area contributed by atoms with Crippen LogP contribution >= 0.6 is 11.3 Å². The van der Waals surface area contributed by atoms with Gasteiger partial charge in [0.25, 0.3) is 0 Å². The van der Waals surface area contributed by atoms with Gasteiger partial charge in [-0.3, -0.25) is 0 Å². The summed E-state index contributed by atoms with van der Waals surface area (Å²) >= 11 is 1.57. The fourth-order valence-electron chi connectivity index (χ4n) is 1.70. The molecule has 0 atom stereocenters. The van der Waals surface area contributed by atoms with E-state index in [2.05, 4.69) is 40.5 Å². The van der Waals surface area contributed by atoms with Gasteiger partial charge in [-0.15, -0.1) is 10.2 Å². The Morgan fingerprint density at radius 1 is 0.933 bits per heavy atom. The number of benzene rings is 2. The van der Waals surface area contributed by atoms with E-state index in [0.717, 1.165) is 10.6 Å². The number of hydrogen-bond acceptors (Lipinski definition) is 3. The molecule has 15 heavy (non-hydrogen) atoms. The standard InChI is InChI=1S/C12H8N2S/c1-2-6-10-9(4-1)5-3-7-11(10)12-14-13-8-15-12/h1-8H. The van der Waals surface area contributed by atoms with E-state index in [-0.39, 0.29) is 0 Å². The molecule has 2 aromatic carbocycles. The zero-order valence-electron chi connectivity index (χ0n) is 7.92. The van der Waals surface area contributed by atoms with Crippen molar-refractivity contribution in [2.75, 3.05) is 0 Å². The second-order valence-electron chi connectivity index (χ2n) is 3.27. The van der Waals surface area contributed by atoms with Gasteiger partial charge in [0, 0.05) is 5.56 Å². The van der Waals surface area contributed by atoms with Gasteiger partial charge in [0.2, 0.25) is 0 Å². The zero-order valence-corrected chi connectivity index (χ0v) is 8.74. The van der Waals surface area contributed by atoms with Crippen LogP contribution in [0.15, 0.2) is 48.0 Å². The predicted octanol–water partition coefficient (Wildman–Crippen LogP) is 3.36. The molecule has 0 saturated heterocycles. The molecule has 0 spiro atoms. The molecule has 0 aliphatic carbocycles. The number of hydrogen-bond donors (Lipinski definition) is 0. The van der Waals surface area contributed by atoms with E-state index in [4.69, 9.17) is 0 Å². The third-order valence-corrected chi connectivity index (χ3v) is 3.10. The van der Waals surface area contributed by atoms with Crippen LogP contribution in [0.25, 0.3) is 21.3 Å². The van der Waals surface area contributed by atoms with E-state index in [1.807, 2.05) is 12.1 Å². The SMILES string of the molecule is c1ccc2c(-c3nncs3)cccc2c1. The molecule has 3 heteroatoms. The smallest absolute Gasteiger partial charge is 0.147 e. The third kappa shape index (κ3) is 1.41. The Morgan fingerprint density at radius 2 is 1.80 bits per heavy atom. The lowest BCUT2D eigenvalue weighted by Crippen LogP contribution is -1.80. The lowest BCUT2D eigenvalue weighted by atomic mass is 10.1. The summed E-state index contributed by atoms with van der Waals surface area (Å²) < 4.78 is 0. The minimum atomic E-state index is 0.979. The van der Waals surface area contributed by atoms with Crippen molar-refractivity contribution in [1.82, 2.24) is 10.2 Å². The van der Waals surface area contributed by atoms with Gasteiger partial charge in [-0.05, 0) is 10.8 Å². The van der Waals surface area contributed by atoms with E-state index in [0.29, 0.717) is 0 Å². The second-order valence-corrected chi connectivity index (χ2v) is 4.10. The zero-order chi connectivity index (χ0) is 10.1. The van der Waals surface area contributed by atoms with Crippen LogP contribution in [-0.4, -0.2) is 10.2 Å². The van der Waals surface area contributed by atoms with Crippen molar-refractivity contribution in [2.45, 2.75) is 0 Å². The highest BCUT2D eigenvalue weighted by atomic mass is 32.1. The molecule has 0 aliphatic heterocycles. The van der Waals surface area contributed by atoms with Gasteiger partial charge in [-0.25, -0.2) is 0 Å². The first-order chi connectivity index (χ1) is 7.45. The highest BCUT2D eigenvalue weighted by Crippen LogP contribution is 2.28. The lowest BCUT2D eigenvalue weighted by Gasteiger charge is -2.01. The van der Waals surface area contributed by atoms with Gasteiger partial charge in [0.05, 0.1) is 0 Å². The summed E-state index contributed by atoms with van der Waals surface area (Å²) in [6.45, 7) is 0. The first-order valence-electron chi connectivity index (χ1n) is 4.69. The van der Waals surface area contributed by atoms with E-state index >= 15 is 0 Å². The Balaban J connectivity index is 2.36. The molecule has 0 N–H and O–H groups in total. The molecular weight excluding hydrogens is 204 g/mol. The third-order valence-electron chi connectivity index (χ3n) is 2.38. The van der Waals surface area contributed by atoms with Crippen LogP contribution in [0.2, 0.25) is 0 Å². The summed E-state index contributed by atoms with van der Waals surface area (Å²) in [7, 11) is 0. The molecule has 3 aromatic rings. The van der Waals surface area contributed by atoms with Gasteiger partial charge in [0.15, 0.2) is 0 Å². The largest absolute Gasteiger partial charge is 0.148 e. The van der Waals surface area contributed by atoms with E-state index < -0.39 is 0 Å².